The lowest BCUT2D eigenvalue weighted by molar-refractivity contribution is -0.145. The lowest BCUT2D eigenvalue weighted by Crippen LogP contribution is -2.44. The summed E-state index contributed by atoms with van der Waals surface area (Å²) in [5, 5.41) is 0. The Morgan fingerprint density at radius 1 is 1.10 bits per heavy atom. The molecule has 0 saturated carbocycles. The molecule has 208 valence electrons. The molecule has 2 aromatic heterocycles. The molecule has 2 N–H and O–H groups in total. The summed E-state index contributed by atoms with van der Waals surface area (Å²) in [5.41, 5.74) is 7.77. The van der Waals surface area contributed by atoms with E-state index < -0.39 is 5.97 Å². The summed E-state index contributed by atoms with van der Waals surface area (Å²) in [4.78, 5) is 50.2. The first kappa shape index (κ1) is 27.1. The molecule has 0 bridgehead atoms. The van der Waals surface area contributed by atoms with Crippen molar-refractivity contribution in [3.8, 4) is 5.75 Å². The highest BCUT2D eigenvalue weighted by Gasteiger charge is 2.25. The second-order valence-corrected chi connectivity index (χ2v) is 9.69. The SMILES string of the molecule is CCOC(=O)COc1ccccc1C(=O)Cn1cnc2nc(N3CCCC(N)C3)n(Cc3ccccc3)c2c1=O. The Balaban J connectivity index is 1.48. The molecular formula is C29H32N6O5. The number of ether oxygens (including phenoxy) is 2. The largest absolute Gasteiger partial charge is 0.481 e. The van der Waals surface area contributed by atoms with Crippen LogP contribution in [0.4, 0.5) is 5.95 Å². The molecule has 1 aliphatic heterocycles. The number of rotatable bonds is 10. The van der Waals surface area contributed by atoms with Gasteiger partial charge in [-0.2, -0.15) is 4.98 Å². The third kappa shape index (κ3) is 5.89. The van der Waals surface area contributed by atoms with Crippen LogP contribution in [0.1, 0.15) is 35.7 Å². The Morgan fingerprint density at radius 3 is 2.65 bits per heavy atom. The minimum atomic E-state index is -0.534. The van der Waals surface area contributed by atoms with Gasteiger partial charge >= 0.3 is 5.97 Å². The predicted octanol–water partition coefficient (Wildman–Crippen LogP) is 2.39. The molecule has 11 nitrogen and oxygen atoms in total. The van der Waals surface area contributed by atoms with Crippen LogP contribution in [-0.4, -0.2) is 63.2 Å². The van der Waals surface area contributed by atoms with Gasteiger partial charge < -0.3 is 20.1 Å². The zero-order valence-corrected chi connectivity index (χ0v) is 22.4. The van der Waals surface area contributed by atoms with Crippen LogP contribution in [0.15, 0.2) is 65.7 Å². The van der Waals surface area contributed by atoms with E-state index >= 15 is 0 Å². The van der Waals surface area contributed by atoms with Gasteiger partial charge in [0.2, 0.25) is 5.95 Å². The van der Waals surface area contributed by atoms with E-state index in [0.717, 1.165) is 24.9 Å². The number of aromatic nitrogens is 4. The summed E-state index contributed by atoms with van der Waals surface area (Å²) >= 11 is 0. The van der Waals surface area contributed by atoms with Crippen molar-refractivity contribution in [2.45, 2.75) is 38.9 Å². The Morgan fingerprint density at radius 2 is 1.88 bits per heavy atom. The van der Waals surface area contributed by atoms with Crippen LogP contribution in [0.3, 0.4) is 0 Å². The third-order valence-electron chi connectivity index (χ3n) is 6.79. The number of Topliss-reactive ketones (excluding diaryl/α,β-unsaturated/α-hetero) is 1. The van der Waals surface area contributed by atoms with Crippen molar-refractivity contribution in [1.29, 1.82) is 0 Å². The normalized spacial score (nSPS) is 15.2. The average Bonchev–Trinajstić information content (AvgIpc) is 3.33. The van der Waals surface area contributed by atoms with E-state index in [9.17, 15) is 14.4 Å². The quantitative estimate of drug-likeness (QED) is 0.236. The number of carbonyl (C=O) groups excluding carboxylic acids is 2. The number of para-hydroxylation sites is 1. The molecule has 11 heteroatoms. The molecule has 5 rings (SSSR count). The molecule has 3 heterocycles. The number of anilines is 1. The summed E-state index contributed by atoms with van der Waals surface area (Å²) in [6.07, 6.45) is 3.21. The van der Waals surface area contributed by atoms with Crippen molar-refractivity contribution in [2.24, 2.45) is 5.73 Å². The first-order chi connectivity index (χ1) is 19.4. The van der Waals surface area contributed by atoms with E-state index in [0.29, 0.717) is 30.2 Å². The fourth-order valence-electron chi connectivity index (χ4n) is 4.91. The number of carbonyl (C=O) groups is 2. The zero-order chi connectivity index (χ0) is 28.1. The van der Waals surface area contributed by atoms with Crippen LogP contribution in [0.5, 0.6) is 5.75 Å². The van der Waals surface area contributed by atoms with Crippen molar-refractivity contribution < 1.29 is 19.1 Å². The third-order valence-corrected chi connectivity index (χ3v) is 6.79. The van der Waals surface area contributed by atoms with Crippen LogP contribution in [-0.2, 0) is 22.6 Å². The minimum Gasteiger partial charge on any atom is -0.481 e. The van der Waals surface area contributed by atoms with Crippen LogP contribution in [0.25, 0.3) is 11.2 Å². The van der Waals surface area contributed by atoms with Crippen LogP contribution >= 0.6 is 0 Å². The number of piperidine rings is 1. The van der Waals surface area contributed by atoms with E-state index in [1.807, 2.05) is 34.9 Å². The van der Waals surface area contributed by atoms with Gasteiger partial charge in [-0.15, -0.1) is 0 Å². The van der Waals surface area contributed by atoms with Gasteiger partial charge in [0, 0.05) is 19.1 Å². The molecule has 1 unspecified atom stereocenters. The number of ketones is 1. The number of esters is 1. The zero-order valence-electron chi connectivity index (χ0n) is 22.4. The van der Waals surface area contributed by atoms with E-state index in [2.05, 4.69) is 9.88 Å². The van der Waals surface area contributed by atoms with E-state index in [4.69, 9.17) is 20.2 Å². The summed E-state index contributed by atoms with van der Waals surface area (Å²) in [7, 11) is 0. The van der Waals surface area contributed by atoms with Crippen LogP contribution < -0.4 is 20.9 Å². The van der Waals surface area contributed by atoms with Gasteiger partial charge in [0.15, 0.2) is 23.6 Å². The van der Waals surface area contributed by atoms with Gasteiger partial charge in [-0.1, -0.05) is 42.5 Å². The molecule has 1 saturated heterocycles. The summed E-state index contributed by atoms with van der Waals surface area (Å²) in [6, 6.07) is 16.4. The highest BCUT2D eigenvalue weighted by molar-refractivity contribution is 5.98. The molecular weight excluding hydrogens is 512 g/mol. The molecule has 40 heavy (non-hydrogen) atoms. The fourth-order valence-corrected chi connectivity index (χ4v) is 4.91. The fraction of sp³-hybridized carbons (Fsp3) is 0.345. The van der Waals surface area contributed by atoms with Gasteiger partial charge in [-0.3, -0.25) is 18.7 Å². The van der Waals surface area contributed by atoms with Gasteiger partial charge in [0.25, 0.3) is 5.56 Å². The van der Waals surface area contributed by atoms with Crippen molar-refractivity contribution in [1.82, 2.24) is 19.1 Å². The van der Waals surface area contributed by atoms with Crippen LogP contribution in [0, 0.1) is 0 Å². The number of benzene rings is 2. The predicted molar refractivity (Wildman–Crippen MR) is 150 cm³/mol. The smallest absolute Gasteiger partial charge is 0.344 e. The Bertz CT molecular complexity index is 1560. The number of hydrogen-bond donors (Lipinski definition) is 1. The highest BCUT2D eigenvalue weighted by atomic mass is 16.6. The van der Waals surface area contributed by atoms with Crippen molar-refractivity contribution in [2.75, 3.05) is 31.2 Å². The summed E-state index contributed by atoms with van der Waals surface area (Å²) in [5.74, 6) is -0.0206. The monoisotopic (exact) mass is 544 g/mol. The first-order valence-electron chi connectivity index (χ1n) is 13.4. The number of fused-ring (bicyclic) bond motifs is 1. The molecule has 4 aromatic rings. The van der Waals surface area contributed by atoms with E-state index in [1.54, 1.807) is 31.2 Å². The topological polar surface area (TPSA) is 135 Å². The van der Waals surface area contributed by atoms with Gasteiger partial charge in [-0.05, 0) is 37.5 Å². The lowest BCUT2D eigenvalue weighted by Gasteiger charge is -2.31. The molecule has 0 amide bonds. The number of imidazole rings is 1. The minimum absolute atomic E-state index is 0.0205. The van der Waals surface area contributed by atoms with Crippen molar-refractivity contribution in [3.05, 3.63) is 82.4 Å². The van der Waals surface area contributed by atoms with Gasteiger partial charge in [-0.25, -0.2) is 9.78 Å². The number of nitrogens with zero attached hydrogens (tertiary/aromatic N) is 5. The molecule has 1 aliphatic rings. The Hall–Kier alpha value is -4.51. The second kappa shape index (κ2) is 12.1. The number of hydrogen-bond acceptors (Lipinski definition) is 9. The molecule has 0 radical (unpaired) electrons. The highest BCUT2D eigenvalue weighted by Crippen LogP contribution is 2.24. The first-order valence-corrected chi connectivity index (χ1v) is 13.4. The maximum Gasteiger partial charge on any atom is 0.344 e. The van der Waals surface area contributed by atoms with E-state index in [-0.39, 0.29) is 48.5 Å². The Labute approximate surface area is 231 Å². The maximum absolute atomic E-state index is 13.8. The number of nitrogens with two attached hydrogens (primary N) is 1. The average molecular weight is 545 g/mol. The molecule has 0 spiro atoms. The molecule has 1 atom stereocenters. The molecule has 1 fully saturated rings. The summed E-state index contributed by atoms with van der Waals surface area (Å²) < 4.78 is 13.6. The van der Waals surface area contributed by atoms with Gasteiger partial charge in [0.1, 0.15) is 12.1 Å². The lowest BCUT2D eigenvalue weighted by atomic mass is 10.1. The standard InChI is InChI=1S/C29H32N6O5/c1-2-39-25(37)18-40-24-13-7-6-12-22(24)23(36)17-34-19-31-27-26(28(34)38)35(15-20-9-4-3-5-10-20)29(32-27)33-14-8-11-21(30)16-33/h3-7,9-10,12-13,19,21H,2,8,11,14-18,30H2,1H3. The van der Waals surface area contributed by atoms with Gasteiger partial charge in [0.05, 0.1) is 25.3 Å². The van der Waals surface area contributed by atoms with Crippen LogP contribution in [0.2, 0.25) is 0 Å². The van der Waals surface area contributed by atoms with E-state index in [1.165, 1.54) is 10.9 Å². The van der Waals surface area contributed by atoms with Crippen molar-refractivity contribution in [3.63, 3.8) is 0 Å². The van der Waals surface area contributed by atoms with Crippen molar-refractivity contribution >= 4 is 28.9 Å². The molecule has 2 aromatic carbocycles. The second-order valence-electron chi connectivity index (χ2n) is 9.69. The maximum atomic E-state index is 13.8. The molecule has 0 aliphatic carbocycles. The summed E-state index contributed by atoms with van der Waals surface area (Å²) in [6.45, 7) is 3.17. The Kier molecular flexibility index (Phi) is 8.20.